The molecule has 33 heavy (non-hydrogen) atoms. The number of nitrogens with one attached hydrogen (secondary N) is 1. The average molecular weight is 500 g/mol. The van der Waals surface area contributed by atoms with Gasteiger partial charge in [0.15, 0.2) is 6.61 Å². The van der Waals surface area contributed by atoms with E-state index >= 15 is 0 Å². The van der Waals surface area contributed by atoms with Crippen LogP contribution in [0.25, 0.3) is 5.69 Å². The van der Waals surface area contributed by atoms with Crippen LogP contribution in [0.3, 0.4) is 0 Å². The van der Waals surface area contributed by atoms with E-state index in [0.717, 1.165) is 28.2 Å². The fraction of sp³-hybridized carbons (Fsp3) is 0.280. The second-order valence-corrected chi connectivity index (χ2v) is 11.0. The van der Waals surface area contributed by atoms with Crippen LogP contribution in [0.1, 0.15) is 32.7 Å². The fourth-order valence-electron chi connectivity index (χ4n) is 3.74. The first-order chi connectivity index (χ1) is 15.9. The summed E-state index contributed by atoms with van der Waals surface area (Å²) in [6.45, 7) is 6.02. The molecule has 1 aromatic heterocycles. The highest BCUT2D eigenvalue weighted by molar-refractivity contribution is 8.19. The number of hydrogen-bond donors (Lipinski definition) is 1. The third kappa shape index (κ3) is 5.78. The second kappa shape index (κ2) is 10.7. The number of benzene rings is 2. The van der Waals surface area contributed by atoms with Crippen molar-refractivity contribution in [1.29, 1.82) is 0 Å². The molecule has 1 aliphatic heterocycles. The van der Waals surface area contributed by atoms with Gasteiger partial charge in [0.1, 0.15) is 5.75 Å². The molecule has 0 saturated carbocycles. The molecule has 0 unspecified atom stereocenters. The van der Waals surface area contributed by atoms with E-state index in [9.17, 15) is 4.79 Å². The van der Waals surface area contributed by atoms with Gasteiger partial charge in [-0.15, -0.1) is 23.5 Å². The van der Waals surface area contributed by atoms with Gasteiger partial charge in [-0.3, -0.25) is 4.79 Å². The number of rotatable bonds is 7. The van der Waals surface area contributed by atoms with Crippen LogP contribution in [0.15, 0.2) is 53.6 Å². The van der Waals surface area contributed by atoms with Crippen molar-refractivity contribution in [3.8, 4) is 11.4 Å². The summed E-state index contributed by atoms with van der Waals surface area (Å²) in [6, 6.07) is 15.8. The number of hydrazone groups is 1. The Morgan fingerprint density at radius 2 is 1.88 bits per heavy atom. The number of ether oxygens (including phenoxy) is 1. The van der Waals surface area contributed by atoms with Gasteiger partial charge >= 0.3 is 0 Å². The standard InChI is InChI=1S/C25H26ClN3O2S2/c1-16-4-7-21(26)13-23(16)29-17(2)12-20(18(29)3)14-27-28-24(30)15-31-22-8-5-19(6-9-22)25-32-10-11-33-25/h4-9,12-14,25H,10-11,15H2,1-3H3,(H,28,30)/b27-14-. The molecular weight excluding hydrogens is 474 g/mol. The zero-order valence-electron chi connectivity index (χ0n) is 18.8. The minimum absolute atomic E-state index is 0.0929. The molecule has 4 rings (SSSR count). The number of aromatic nitrogens is 1. The van der Waals surface area contributed by atoms with Crippen LogP contribution in [-0.2, 0) is 4.79 Å². The maximum atomic E-state index is 12.2. The van der Waals surface area contributed by atoms with E-state index in [1.165, 1.54) is 17.1 Å². The van der Waals surface area contributed by atoms with Crippen molar-refractivity contribution in [3.05, 3.63) is 81.6 Å². The SMILES string of the molecule is Cc1ccc(Cl)cc1-n1c(C)cc(/C=N\NC(=O)COc2ccc(C3SCCS3)cc2)c1C. The number of carbonyl (C=O) groups excluding carboxylic acids is 1. The summed E-state index contributed by atoms with van der Waals surface area (Å²) < 4.78 is 8.24. The third-order valence-electron chi connectivity index (χ3n) is 5.42. The van der Waals surface area contributed by atoms with Gasteiger partial charge in [0.05, 0.1) is 10.8 Å². The van der Waals surface area contributed by atoms with E-state index in [0.29, 0.717) is 15.4 Å². The van der Waals surface area contributed by atoms with E-state index in [1.54, 1.807) is 6.21 Å². The van der Waals surface area contributed by atoms with Crippen LogP contribution < -0.4 is 10.2 Å². The van der Waals surface area contributed by atoms with Crippen LogP contribution in [0.5, 0.6) is 5.75 Å². The molecule has 1 amide bonds. The summed E-state index contributed by atoms with van der Waals surface area (Å²) in [5.74, 6) is 2.75. The first-order valence-corrected chi connectivity index (χ1v) is 13.1. The predicted molar refractivity (Wildman–Crippen MR) is 140 cm³/mol. The van der Waals surface area contributed by atoms with E-state index in [2.05, 4.69) is 34.2 Å². The first kappa shape index (κ1) is 23.8. The first-order valence-electron chi connectivity index (χ1n) is 10.7. The van der Waals surface area contributed by atoms with Crippen molar-refractivity contribution in [1.82, 2.24) is 9.99 Å². The van der Waals surface area contributed by atoms with Crippen molar-refractivity contribution in [2.45, 2.75) is 25.4 Å². The lowest BCUT2D eigenvalue weighted by Crippen LogP contribution is -2.24. The van der Waals surface area contributed by atoms with Crippen molar-refractivity contribution in [2.75, 3.05) is 18.1 Å². The molecule has 8 heteroatoms. The van der Waals surface area contributed by atoms with Gasteiger partial charge in [-0.05, 0) is 62.2 Å². The number of thioether (sulfide) groups is 2. The van der Waals surface area contributed by atoms with Crippen LogP contribution in [0.2, 0.25) is 5.02 Å². The quantitative estimate of drug-likeness (QED) is 0.317. The maximum absolute atomic E-state index is 12.2. The largest absolute Gasteiger partial charge is 0.484 e. The Morgan fingerprint density at radius 1 is 1.15 bits per heavy atom. The normalized spacial score (nSPS) is 14.2. The lowest BCUT2D eigenvalue weighted by molar-refractivity contribution is -0.123. The third-order valence-corrected chi connectivity index (χ3v) is 8.76. The Labute approximate surface area is 207 Å². The molecule has 3 aromatic rings. The number of amides is 1. The van der Waals surface area contributed by atoms with Crippen molar-refractivity contribution in [2.24, 2.45) is 5.10 Å². The van der Waals surface area contributed by atoms with Crippen LogP contribution in [0.4, 0.5) is 0 Å². The average Bonchev–Trinajstić information content (AvgIpc) is 3.43. The van der Waals surface area contributed by atoms with Gasteiger partial charge in [-0.2, -0.15) is 5.10 Å². The number of aryl methyl sites for hydroxylation is 2. The second-order valence-electron chi connectivity index (χ2n) is 7.82. The Balaban J connectivity index is 1.33. The Morgan fingerprint density at radius 3 is 2.61 bits per heavy atom. The van der Waals surface area contributed by atoms with Crippen LogP contribution in [0, 0.1) is 20.8 Å². The minimum atomic E-state index is -0.309. The highest BCUT2D eigenvalue weighted by atomic mass is 35.5. The number of hydrogen-bond acceptors (Lipinski definition) is 5. The number of carbonyl (C=O) groups is 1. The highest BCUT2D eigenvalue weighted by Gasteiger charge is 2.18. The van der Waals surface area contributed by atoms with Gasteiger partial charge in [-0.1, -0.05) is 29.8 Å². The molecule has 0 bridgehead atoms. The van der Waals surface area contributed by atoms with Gasteiger partial charge in [0.2, 0.25) is 0 Å². The van der Waals surface area contributed by atoms with E-state index in [1.807, 2.05) is 73.8 Å². The topological polar surface area (TPSA) is 55.6 Å². The molecule has 0 aliphatic carbocycles. The number of halogens is 1. The zero-order chi connectivity index (χ0) is 23.4. The minimum Gasteiger partial charge on any atom is -0.484 e. The van der Waals surface area contributed by atoms with E-state index in [-0.39, 0.29) is 12.5 Å². The summed E-state index contributed by atoms with van der Waals surface area (Å²) in [7, 11) is 0. The lowest BCUT2D eigenvalue weighted by atomic mass is 10.2. The molecule has 5 nitrogen and oxygen atoms in total. The predicted octanol–water partition coefficient (Wildman–Crippen LogP) is 6.06. The molecule has 0 radical (unpaired) electrons. The monoisotopic (exact) mass is 499 g/mol. The Bertz CT molecular complexity index is 1170. The van der Waals surface area contributed by atoms with E-state index in [4.69, 9.17) is 16.3 Å². The lowest BCUT2D eigenvalue weighted by Gasteiger charge is -2.13. The smallest absolute Gasteiger partial charge is 0.277 e. The molecule has 0 atom stereocenters. The molecule has 1 N–H and O–H groups in total. The Hall–Kier alpha value is -2.35. The van der Waals surface area contributed by atoms with E-state index < -0.39 is 0 Å². The summed E-state index contributed by atoms with van der Waals surface area (Å²) in [5, 5.41) is 4.81. The van der Waals surface area contributed by atoms with Crippen LogP contribution in [-0.4, -0.2) is 34.8 Å². The van der Waals surface area contributed by atoms with Crippen molar-refractivity contribution >= 4 is 47.2 Å². The summed E-state index contributed by atoms with van der Waals surface area (Å²) in [6.07, 6.45) is 1.66. The summed E-state index contributed by atoms with van der Waals surface area (Å²) in [5.41, 5.74) is 8.99. The molecular formula is C25H26ClN3O2S2. The summed E-state index contributed by atoms with van der Waals surface area (Å²) >= 11 is 10.1. The zero-order valence-corrected chi connectivity index (χ0v) is 21.2. The Kier molecular flexibility index (Phi) is 7.73. The molecule has 2 aromatic carbocycles. The van der Waals surface area contributed by atoms with Gasteiger partial charge < -0.3 is 9.30 Å². The molecule has 2 heterocycles. The maximum Gasteiger partial charge on any atom is 0.277 e. The highest BCUT2D eigenvalue weighted by Crippen LogP contribution is 2.45. The van der Waals surface area contributed by atoms with Crippen LogP contribution >= 0.6 is 35.1 Å². The van der Waals surface area contributed by atoms with Crippen molar-refractivity contribution in [3.63, 3.8) is 0 Å². The summed E-state index contributed by atoms with van der Waals surface area (Å²) in [4.78, 5) is 12.2. The number of nitrogens with zero attached hydrogens (tertiary/aromatic N) is 2. The molecule has 0 spiro atoms. The molecule has 1 saturated heterocycles. The molecule has 1 fully saturated rings. The molecule has 1 aliphatic rings. The molecule has 172 valence electrons. The van der Waals surface area contributed by atoms with Gasteiger partial charge in [0.25, 0.3) is 5.91 Å². The van der Waals surface area contributed by atoms with Gasteiger partial charge in [-0.25, -0.2) is 5.43 Å². The fourth-order valence-corrected chi connectivity index (χ4v) is 6.77. The van der Waals surface area contributed by atoms with Crippen molar-refractivity contribution < 1.29 is 9.53 Å². The van der Waals surface area contributed by atoms with Gasteiger partial charge in [0, 0.05) is 39.2 Å².